The first-order valence-electron chi connectivity index (χ1n) is 48.6. The molecule has 0 saturated heterocycles. The summed E-state index contributed by atoms with van der Waals surface area (Å²) in [5.74, 6) is 0. The van der Waals surface area contributed by atoms with E-state index in [-0.39, 0.29) is 0 Å². The molecule has 0 aliphatic rings. The van der Waals surface area contributed by atoms with Gasteiger partial charge in [-0.3, -0.25) is 0 Å². The third kappa shape index (κ3) is 132. The van der Waals surface area contributed by atoms with Crippen LogP contribution < -0.4 is 40.2 Å². The van der Waals surface area contributed by atoms with Crippen molar-refractivity contribution in [1.82, 2.24) is 0 Å². The Labute approximate surface area is 795 Å². The highest BCUT2D eigenvalue weighted by Crippen LogP contribution is 2.16. The van der Waals surface area contributed by atoms with Gasteiger partial charge in [0.15, 0.2) is 0 Å². The zero-order valence-electron chi connectivity index (χ0n) is 86.8. The number of nitrogens with zero attached hydrogens (tertiary/aromatic N) is 8. The molecule has 0 aromatic carbocycles. The predicted octanol–water partition coefficient (Wildman–Crippen LogP) is 17.7. The lowest BCUT2D eigenvalue weighted by atomic mass is 10.2. The highest BCUT2D eigenvalue weighted by molar-refractivity contribution is 6.27. The first kappa shape index (κ1) is 149. The van der Waals surface area contributed by atoms with E-state index in [1.807, 2.05) is 97.2 Å². The van der Waals surface area contributed by atoms with Crippen molar-refractivity contribution in [2.45, 2.75) is 261 Å². The van der Waals surface area contributed by atoms with Crippen LogP contribution in [0, 0.1) is 0 Å². The minimum atomic E-state index is -3.17. The molecule has 0 heterocycles. The Hall–Kier alpha value is -4.82. The lowest BCUT2D eigenvalue weighted by Gasteiger charge is -2.32. The monoisotopic (exact) mass is 1820 g/mol. The van der Waals surface area contributed by atoms with Crippen LogP contribution in [-0.4, -0.2) is 279 Å². The van der Waals surface area contributed by atoms with Crippen LogP contribution in [-0.2, 0) is 0 Å². The maximum Gasteiger partial charge on any atom is 0.121 e. The summed E-state index contributed by atoms with van der Waals surface area (Å²) in [6.07, 6.45) is 75.2. The highest BCUT2D eigenvalue weighted by Gasteiger charge is 2.23. The van der Waals surface area contributed by atoms with E-state index in [1.54, 1.807) is 0 Å². The van der Waals surface area contributed by atoms with Crippen LogP contribution in [0.25, 0.3) is 0 Å². The fourth-order valence-electron chi connectivity index (χ4n) is 14.4. The second kappa shape index (κ2) is 111. The Morgan fingerprint density at radius 1 is 0.156 bits per heavy atom. The summed E-state index contributed by atoms with van der Waals surface area (Å²) in [6.45, 7) is 106. The van der Waals surface area contributed by atoms with Crippen molar-refractivity contribution in [1.29, 1.82) is 0 Å². The highest BCUT2D eigenvalue weighted by atomic mass is 19.1. The molecule has 24 heteroatoms. The number of hydrogen-bond donors (Lipinski definition) is 0. The summed E-state index contributed by atoms with van der Waals surface area (Å²) in [4.78, 5) is 0. The van der Waals surface area contributed by atoms with Gasteiger partial charge in [-0.05, 0) is 200 Å². The van der Waals surface area contributed by atoms with E-state index in [4.69, 9.17) is 40.2 Å². The topological polar surface area (TPSA) is 184 Å². The van der Waals surface area contributed by atoms with Gasteiger partial charge in [-0.15, -0.1) is 0 Å². The smallest absolute Gasteiger partial charge is 0.121 e. The van der Waals surface area contributed by atoms with Crippen molar-refractivity contribution in [2.75, 3.05) is 213 Å². The normalized spacial score (nSPS) is 10.7. The SMILES string of the molecule is C=CC[N+](C)(CC=C)CCCCCC.C=CC[N+](C)(CC=C)CCCCCC.C=CC[N+](C)(CC=C)CCCCCC.C=CC[N+](C)(CC=C)CCCCCC.C=CC[N+](C)(CC=C)CCCCCC.C=CC[N+](C)(CC=C)CCCCCC.C=CC[N+](C)(CC=C)CCCCCC.C=CC[N+](C)(CC=C)CCCCCC.[O-]B([O-])F.[O-]B([O-])F.[O-]B([O-])F.[O-]B([O-])F. The number of unbranched alkanes of at least 4 members (excludes halogenated alkanes) is 24. The Morgan fingerprint density at radius 3 is 0.266 bits per heavy atom. The van der Waals surface area contributed by atoms with E-state index in [9.17, 15) is 17.3 Å². The molecule has 0 spiro atoms. The molecule has 0 fully saturated rings. The van der Waals surface area contributed by atoms with Crippen LogP contribution >= 0.6 is 0 Å². The van der Waals surface area contributed by atoms with E-state index in [0.29, 0.717) is 0 Å². The van der Waals surface area contributed by atoms with E-state index < -0.39 is 29.6 Å². The number of halogens is 4. The molecule has 0 N–H and O–H groups in total. The fraction of sp³-hybridized carbons (Fsp3) is 0.692. The van der Waals surface area contributed by atoms with Gasteiger partial charge in [0.25, 0.3) is 0 Å². The first-order chi connectivity index (χ1) is 60.4. The standard InChI is InChI=1S/8C13H26N.4BFO2/c8*1-5-8-9-10-13-14(4,11-6-2)12-7-3;4*2-1(3)4/h8*6-7H,2-3,5,8-13H2,1,4H3;;;;/q8*+1;4*-2. The maximum atomic E-state index is 9.89. The lowest BCUT2D eigenvalue weighted by molar-refractivity contribution is -0.898. The van der Waals surface area contributed by atoms with Gasteiger partial charge in [-0.25, -0.2) is 0 Å². The zero-order valence-corrected chi connectivity index (χ0v) is 86.8. The molecule has 0 atom stereocenters. The van der Waals surface area contributed by atoms with Crippen molar-refractivity contribution in [2.24, 2.45) is 0 Å². The molecule has 0 bridgehead atoms. The van der Waals surface area contributed by atoms with Crippen LogP contribution in [0.15, 0.2) is 202 Å². The van der Waals surface area contributed by atoms with Gasteiger partial charge >= 0.3 is 0 Å². The molecule has 0 amide bonds. The molecule has 0 aromatic rings. The Balaban J connectivity index is -0.000000117. The summed E-state index contributed by atoms with van der Waals surface area (Å²) < 4.78 is 48.1. The Bertz CT molecular complexity index is 1920. The zero-order chi connectivity index (χ0) is 101. The summed E-state index contributed by atoms with van der Waals surface area (Å²) in [5.41, 5.74) is 0. The molecule has 752 valence electrons. The largest absolute Gasteiger partial charge is 0.867 e. The number of hydrogen-bond acceptors (Lipinski definition) is 8. The Morgan fingerprint density at radius 2 is 0.219 bits per heavy atom. The van der Waals surface area contributed by atoms with Gasteiger partial charge < -0.3 is 93.3 Å². The van der Waals surface area contributed by atoms with Crippen molar-refractivity contribution in [3.05, 3.63) is 202 Å². The van der Waals surface area contributed by atoms with Gasteiger partial charge in [0, 0.05) is 0 Å². The average Bonchev–Trinajstić information content (AvgIpc) is 0.967. The first-order valence-corrected chi connectivity index (χ1v) is 48.6. The van der Waals surface area contributed by atoms with E-state index in [2.05, 4.69) is 217 Å². The van der Waals surface area contributed by atoms with Crippen molar-refractivity contribution < 1.29 is 93.3 Å². The van der Waals surface area contributed by atoms with Crippen LogP contribution in [0.1, 0.15) is 261 Å². The van der Waals surface area contributed by atoms with Gasteiger partial charge in [0.1, 0.15) is 29.6 Å². The number of quaternary nitrogens is 8. The molecular formula is C104H208B4F4N8O8. The third-order valence-corrected chi connectivity index (χ3v) is 21.5. The summed E-state index contributed by atoms with van der Waals surface area (Å²) in [5, 5.41) is 66.4. The van der Waals surface area contributed by atoms with E-state index in [1.165, 1.54) is 258 Å². The van der Waals surface area contributed by atoms with Gasteiger partial charge in [-0.2, -0.15) is 0 Å². The minimum Gasteiger partial charge on any atom is -0.867 e. The molecule has 0 aliphatic heterocycles. The Kier molecular flexibility index (Phi) is 129. The predicted molar refractivity (Wildman–Crippen MR) is 550 cm³/mol. The molecule has 0 unspecified atom stereocenters. The second-order valence-electron chi connectivity index (χ2n) is 35.9. The van der Waals surface area contributed by atoms with Crippen molar-refractivity contribution in [3.8, 4) is 0 Å². The number of rotatable bonds is 72. The lowest BCUT2D eigenvalue weighted by Crippen LogP contribution is -2.44. The second-order valence-corrected chi connectivity index (χ2v) is 35.9. The molecule has 0 rings (SSSR count). The summed E-state index contributed by atoms with van der Waals surface area (Å²) >= 11 is 0. The minimum absolute atomic E-state index is 1.05. The van der Waals surface area contributed by atoms with Gasteiger partial charge in [-0.1, -0.05) is 263 Å². The van der Waals surface area contributed by atoms with Crippen molar-refractivity contribution >= 4 is 29.6 Å². The maximum absolute atomic E-state index is 9.89. The van der Waals surface area contributed by atoms with Crippen LogP contribution in [0.3, 0.4) is 0 Å². The van der Waals surface area contributed by atoms with Crippen molar-refractivity contribution in [3.63, 3.8) is 0 Å². The molecular weight excluding hydrogens is 1610 g/mol. The van der Waals surface area contributed by atoms with Crippen LogP contribution in [0.4, 0.5) is 17.3 Å². The van der Waals surface area contributed by atoms with Gasteiger partial charge in [0.05, 0.1) is 213 Å². The molecule has 16 nitrogen and oxygen atoms in total. The molecule has 0 aromatic heterocycles. The molecule has 0 aliphatic carbocycles. The fourth-order valence-corrected chi connectivity index (χ4v) is 14.4. The summed E-state index contributed by atoms with van der Waals surface area (Å²) in [6, 6.07) is 0. The number of likely N-dealkylation sites (N-methyl/N-ethyl adjacent to an activating group) is 8. The third-order valence-electron chi connectivity index (χ3n) is 21.5. The quantitative estimate of drug-likeness (QED) is 0.0189. The van der Waals surface area contributed by atoms with Crippen LogP contribution in [0.2, 0.25) is 0 Å². The van der Waals surface area contributed by atoms with Crippen LogP contribution in [0.5, 0.6) is 0 Å². The van der Waals surface area contributed by atoms with E-state index in [0.717, 1.165) is 141 Å². The average molecular weight is 1820 g/mol. The molecule has 128 heavy (non-hydrogen) atoms. The summed E-state index contributed by atoms with van der Waals surface area (Å²) in [7, 11) is 5.63. The van der Waals surface area contributed by atoms with Gasteiger partial charge in [0.2, 0.25) is 0 Å². The molecule has 0 saturated carbocycles. The van der Waals surface area contributed by atoms with E-state index >= 15 is 0 Å². The molecule has 0 radical (unpaired) electrons.